The number of rotatable bonds is 3. The zero-order chi connectivity index (χ0) is 14.7. The molecule has 0 aliphatic heterocycles. The summed E-state index contributed by atoms with van der Waals surface area (Å²) in [7, 11) is 0. The first-order valence-corrected chi connectivity index (χ1v) is 5.58. The van der Waals surface area contributed by atoms with E-state index in [2.05, 4.69) is 15.3 Å². The lowest BCUT2D eigenvalue weighted by Gasteiger charge is -2.05. The summed E-state index contributed by atoms with van der Waals surface area (Å²) in [4.78, 5) is 29.3. The van der Waals surface area contributed by atoms with Crippen molar-refractivity contribution in [3.63, 3.8) is 0 Å². The molecule has 20 heavy (non-hydrogen) atoms. The Morgan fingerprint density at radius 1 is 1.40 bits per heavy atom. The molecule has 1 aromatic heterocycles. The van der Waals surface area contributed by atoms with Crippen molar-refractivity contribution in [3.05, 3.63) is 57.2 Å². The standard InChI is InChI=1S/C11H6ClFN4O3/c12-9-4-14-5-10(15-9)16-11(18)7-2-1-6(13)3-8(7)17(19)20/h1-5H,(H,15,16,18). The highest BCUT2D eigenvalue weighted by Gasteiger charge is 2.21. The predicted octanol–water partition coefficient (Wildman–Crippen LogP) is 2.43. The number of benzene rings is 1. The van der Waals surface area contributed by atoms with Crippen molar-refractivity contribution >= 4 is 29.0 Å². The zero-order valence-electron chi connectivity index (χ0n) is 9.71. The Labute approximate surface area is 116 Å². The Morgan fingerprint density at radius 3 is 2.80 bits per heavy atom. The molecule has 0 aliphatic carbocycles. The van der Waals surface area contributed by atoms with Gasteiger partial charge in [0.15, 0.2) is 5.82 Å². The second-order valence-corrected chi connectivity index (χ2v) is 3.99. The van der Waals surface area contributed by atoms with Gasteiger partial charge in [-0.3, -0.25) is 19.9 Å². The molecular formula is C11H6ClFN4O3. The molecule has 0 unspecified atom stereocenters. The fraction of sp³-hybridized carbons (Fsp3) is 0. The van der Waals surface area contributed by atoms with Crippen molar-refractivity contribution in [2.75, 3.05) is 5.32 Å². The minimum absolute atomic E-state index is 0.0288. The van der Waals surface area contributed by atoms with Crippen LogP contribution >= 0.6 is 11.6 Å². The Kier molecular flexibility index (Phi) is 3.85. The molecule has 0 spiro atoms. The second-order valence-electron chi connectivity index (χ2n) is 3.60. The first-order chi connectivity index (χ1) is 9.47. The quantitative estimate of drug-likeness (QED) is 0.693. The lowest BCUT2D eigenvalue weighted by atomic mass is 10.1. The molecular weight excluding hydrogens is 291 g/mol. The maximum absolute atomic E-state index is 13.0. The van der Waals surface area contributed by atoms with E-state index in [-0.39, 0.29) is 16.5 Å². The summed E-state index contributed by atoms with van der Waals surface area (Å²) < 4.78 is 13.0. The number of hydrogen-bond acceptors (Lipinski definition) is 5. The summed E-state index contributed by atoms with van der Waals surface area (Å²) in [5.74, 6) is -1.59. The highest BCUT2D eigenvalue weighted by Crippen LogP contribution is 2.21. The summed E-state index contributed by atoms with van der Waals surface area (Å²) in [6, 6.07) is 2.63. The van der Waals surface area contributed by atoms with Gasteiger partial charge in [-0.2, -0.15) is 0 Å². The van der Waals surface area contributed by atoms with E-state index in [1.165, 1.54) is 12.4 Å². The lowest BCUT2D eigenvalue weighted by molar-refractivity contribution is -0.385. The Balaban J connectivity index is 2.32. The first-order valence-electron chi connectivity index (χ1n) is 5.20. The number of carbonyl (C=O) groups excluding carboxylic acids is 1. The molecule has 0 fully saturated rings. The normalized spacial score (nSPS) is 10.1. The first kappa shape index (κ1) is 13.8. The van der Waals surface area contributed by atoms with Gasteiger partial charge in [0.2, 0.25) is 0 Å². The summed E-state index contributed by atoms with van der Waals surface area (Å²) in [5.41, 5.74) is -0.935. The van der Waals surface area contributed by atoms with Gasteiger partial charge in [0.05, 0.1) is 23.4 Å². The highest BCUT2D eigenvalue weighted by molar-refractivity contribution is 6.29. The van der Waals surface area contributed by atoms with Crippen LogP contribution in [0.25, 0.3) is 0 Å². The minimum Gasteiger partial charge on any atom is -0.305 e. The van der Waals surface area contributed by atoms with Gasteiger partial charge in [0.1, 0.15) is 16.5 Å². The average Bonchev–Trinajstić information content (AvgIpc) is 2.38. The third kappa shape index (κ3) is 3.04. The van der Waals surface area contributed by atoms with Crippen LogP contribution in [0.3, 0.4) is 0 Å². The zero-order valence-corrected chi connectivity index (χ0v) is 10.5. The topological polar surface area (TPSA) is 98.0 Å². The molecule has 0 saturated heterocycles. The van der Waals surface area contributed by atoms with E-state index in [4.69, 9.17) is 11.6 Å². The molecule has 0 radical (unpaired) electrons. The van der Waals surface area contributed by atoms with E-state index in [9.17, 15) is 19.3 Å². The molecule has 2 aromatic rings. The summed E-state index contributed by atoms with van der Waals surface area (Å²) in [6.45, 7) is 0. The number of amides is 1. The van der Waals surface area contributed by atoms with Gasteiger partial charge >= 0.3 is 0 Å². The Hall–Kier alpha value is -2.61. The van der Waals surface area contributed by atoms with Gasteiger partial charge in [-0.05, 0) is 12.1 Å². The lowest BCUT2D eigenvalue weighted by Crippen LogP contribution is -2.15. The van der Waals surface area contributed by atoms with Crippen LogP contribution in [-0.4, -0.2) is 20.8 Å². The number of nitrogens with one attached hydrogen (secondary N) is 1. The monoisotopic (exact) mass is 296 g/mol. The molecule has 1 aromatic carbocycles. The number of nitro benzene ring substituents is 1. The molecule has 9 heteroatoms. The van der Waals surface area contributed by atoms with Crippen molar-refractivity contribution in [2.24, 2.45) is 0 Å². The maximum Gasteiger partial charge on any atom is 0.285 e. The van der Waals surface area contributed by atoms with Crippen molar-refractivity contribution in [3.8, 4) is 0 Å². The molecule has 0 atom stereocenters. The van der Waals surface area contributed by atoms with E-state index >= 15 is 0 Å². The van der Waals surface area contributed by atoms with E-state index < -0.39 is 22.3 Å². The van der Waals surface area contributed by atoms with E-state index in [1.54, 1.807) is 0 Å². The second kappa shape index (κ2) is 5.57. The van der Waals surface area contributed by atoms with Gasteiger partial charge in [0.25, 0.3) is 11.6 Å². The van der Waals surface area contributed by atoms with Gasteiger partial charge in [0, 0.05) is 0 Å². The van der Waals surface area contributed by atoms with Gasteiger partial charge < -0.3 is 5.32 Å². The van der Waals surface area contributed by atoms with Crippen molar-refractivity contribution in [2.45, 2.75) is 0 Å². The van der Waals surface area contributed by atoms with Crippen molar-refractivity contribution in [1.82, 2.24) is 9.97 Å². The van der Waals surface area contributed by atoms with Gasteiger partial charge in [-0.25, -0.2) is 9.37 Å². The van der Waals surface area contributed by atoms with E-state index in [0.717, 1.165) is 12.1 Å². The fourth-order valence-electron chi connectivity index (χ4n) is 1.43. The van der Waals surface area contributed by atoms with Crippen LogP contribution in [0.2, 0.25) is 5.15 Å². The largest absolute Gasteiger partial charge is 0.305 e. The Bertz CT molecular complexity index is 695. The van der Waals surface area contributed by atoms with Crippen LogP contribution in [0.15, 0.2) is 30.6 Å². The van der Waals surface area contributed by atoms with Gasteiger partial charge in [-0.1, -0.05) is 11.6 Å². The Morgan fingerprint density at radius 2 is 2.15 bits per heavy atom. The SMILES string of the molecule is O=C(Nc1cncc(Cl)n1)c1ccc(F)cc1[N+](=O)[O-]. The van der Waals surface area contributed by atoms with Crippen LogP contribution in [0.4, 0.5) is 15.9 Å². The smallest absolute Gasteiger partial charge is 0.285 e. The highest BCUT2D eigenvalue weighted by atomic mass is 35.5. The number of halogens is 2. The molecule has 2 rings (SSSR count). The average molecular weight is 297 g/mol. The van der Waals surface area contributed by atoms with Crippen molar-refractivity contribution in [1.29, 1.82) is 0 Å². The van der Waals surface area contributed by atoms with Crippen LogP contribution in [0, 0.1) is 15.9 Å². The number of nitro groups is 1. The molecule has 0 aliphatic rings. The van der Waals surface area contributed by atoms with Gasteiger partial charge in [-0.15, -0.1) is 0 Å². The molecule has 7 nitrogen and oxygen atoms in total. The van der Waals surface area contributed by atoms with Crippen LogP contribution in [0.1, 0.15) is 10.4 Å². The van der Waals surface area contributed by atoms with Crippen LogP contribution in [0.5, 0.6) is 0 Å². The predicted molar refractivity (Wildman–Crippen MR) is 68.0 cm³/mol. The van der Waals surface area contributed by atoms with Crippen LogP contribution < -0.4 is 5.32 Å². The molecule has 1 heterocycles. The molecule has 1 N–H and O–H groups in total. The van der Waals surface area contributed by atoms with E-state index in [0.29, 0.717) is 6.07 Å². The molecule has 0 bridgehead atoms. The maximum atomic E-state index is 13.0. The van der Waals surface area contributed by atoms with E-state index in [1.807, 2.05) is 0 Å². The number of aromatic nitrogens is 2. The fourth-order valence-corrected chi connectivity index (χ4v) is 1.58. The molecule has 0 saturated carbocycles. The number of hydrogen-bond donors (Lipinski definition) is 1. The minimum atomic E-state index is -0.846. The number of carbonyl (C=O) groups is 1. The molecule has 1 amide bonds. The third-order valence-corrected chi connectivity index (χ3v) is 2.43. The van der Waals surface area contributed by atoms with Crippen molar-refractivity contribution < 1.29 is 14.1 Å². The number of anilines is 1. The summed E-state index contributed by atoms with van der Waals surface area (Å²) in [6.07, 6.45) is 2.48. The molecule has 102 valence electrons. The third-order valence-electron chi connectivity index (χ3n) is 2.25. The summed E-state index contributed by atoms with van der Waals surface area (Å²) >= 11 is 5.59. The number of nitrogens with zero attached hydrogens (tertiary/aromatic N) is 3. The van der Waals surface area contributed by atoms with Crippen LogP contribution in [-0.2, 0) is 0 Å². The summed E-state index contributed by atoms with van der Waals surface area (Å²) in [5, 5.41) is 13.1.